The summed E-state index contributed by atoms with van der Waals surface area (Å²) >= 11 is 1.33. The smallest absolute Gasteiger partial charge is 0.341 e. The van der Waals surface area contributed by atoms with Crippen LogP contribution in [-0.2, 0) is 14.3 Å². The van der Waals surface area contributed by atoms with Crippen LogP contribution in [0.25, 0.3) is 11.1 Å². The normalized spacial score (nSPS) is 24.6. The number of hydrogen-bond acceptors (Lipinski definition) is 5. The lowest BCUT2D eigenvalue weighted by atomic mass is 9.58. The van der Waals surface area contributed by atoms with Gasteiger partial charge in [-0.25, -0.2) is 4.79 Å². The number of anilines is 1. The van der Waals surface area contributed by atoms with E-state index in [2.05, 4.69) is 5.32 Å². The van der Waals surface area contributed by atoms with E-state index >= 15 is 0 Å². The molecular formula is C24H27NO5S. The lowest BCUT2D eigenvalue weighted by molar-refractivity contribution is -0.156. The Morgan fingerprint density at radius 2 is 1.68 bits per heavy atom. The first-order chi connectivity index (χ1) is 14.9. The van der Waals surface area contributed by atoms with Gasteiger partial charge in [0.15, 0.2) is 0 Å². The Morgan fingerprint density at radius 3 is 2.26 bits per heavy atom. The minimum absolute atomic E-state index is 0.0488. The van der Waals surface area contributed by atoms with Crippen LogP contribution in [0, 0.1) is 30.6 Å². The van der Waals surface area contributed by atoms with Crippen molar-refractivity contribution >= 4 is 34.2 Å². The SMILES string of the molecule is CCOC(=O)c1c(NC(=O)[C@@H]2C3CCC(CC3)[C@@H]2C(=O)O)sc(C)c1-c1ccccc1. The van der Waals surface area contributed by atoms with E-state index in [1.807, 2.05) is 37.3 Å². The fraction of sp³-hybridized carbons (Fsp3) is 0.458. The van der Waals surface area contributed by atoms with Gasteiger partial charge in [-0.2, -0.15) is 0 Å². The zero-order valence-corrected chi connectivity index (χ0v) is 18.5. The average molecular weight is 442 g/mol. The van der Waals surface area contributed by atoms with E-state index in [1.165, 1.54) is 11.3 Å². The van der Waals surface area contributed by atoms with Crippen LogP contribution < -0.4 is 5.32 Å². The Labute approximate surface area is 185 Å². The number of hydrogen-bond donors (Lipinski definition) is 2. The molecule has 2 aromatic rings. The van der Waals surface area contributed by atoms with Gasteiger partial charge in [-0.05, 0) is 56.9 Å². The topological polar surface area (TPSA) is 92.7 Å². The van der Waals surface area contributed by atoms with Gasteiger partial charge >= 0.3 is 11.9 Å². The van der Waals surface area contributed by atoms with Crippen LogP contribution in [0.5, 0.6) is 0 Å². The van der Waals surface area contributed by atoms with Crippen LogP contribution in [0.15, 0.2) is 30.3 Å². The fourth-order valence-corrected chi connectivity index (χ4v) is 6.43. The van der Waals surface area contributed by atoms with Crippen molar-refractivity contribution in [2.45, 2.75) is 39.5 Å². The summed E-state index contributed by atoms with van der Waals surface area (Å²) in [6.07, 6.45) is 3.51. The van der Waals surface area contributed by atoms with E-state index in [9.17, 15) is 19.5 Å². The molecule has 0 unspecified atom stereocenters. The maximum absolute atomic E-state index is 13.3. The Bertz CT molecular complexity index is 991. The molecule has 0 saturated heterocycles. The number of amides is 1. The highest BCUT2D eigenvalue weighted by molar-refractivity contribution is 7.17. The average Bonchev–Trinajstić information content (AvgIpc) is 3.10. The van der Waals surface area contributed by atoms with Gasteiger partial charge in [-0.1, -0.05) is 30.3 Å². The molecule has 1 aromatic heterocycles. The number of ether oxygens (including phenoxy) is 1. The highest BCUT2D eigenvalue weighted by Gasteiger charge is 2.50. The Hall–Kier alpha value is -2.67. The first kappa shape index (κ1) is 21.6. The van der Waals surface area contributed by atoms with Crippen LogP contribution in [-0.4, -0.2) is 29.6 Å². The van der Waals surface area contributed by atoms with E-state index < -0.39 is 23.8 Å². The number of nitrogens with one attached hydrogen (secondary N) is 1. The summed E-state index contributed by atoms with van der Waals surface area (Å²) in [6.45, 7) is 3.88. The van der Waals surface area contributed by atoms with Crippen LogP contribution in [0.2, 0.25) is 0 Å². The molecule has 3 aliphatic rings. The maximum Gasteiger partial charge on any atom is 0.341 e. The molecular weight excluding hydrogens is 414 g/mol. The van der Waals surface area contributed by atoms with Crippen molar-refractivity contribution in [1.29, 1.82) is 0 Å². The number of esters is 1. The van der Waals surface area contributed by atoms with Crippen molar-refractivity contribution in [3.63, 3.8) is 0 Å². The van der Waals surface area contributed by atoms with Gasteiger partial charge in [-0.3, -0.25) is 9.59 Å². The molecule has 2 bridgehead atoms. The number of fused-ring (bicyclic) bond motifs is 3. The molecule has 3 fully saturated rings. The number of carboxylic acids is 1. The molecule has 2 atom stereocenters. The second kappa shape index (κ2) is 8.83. The van der Waals surface area contributed by atoms with Crippen LogP contribution in [0.3, 0.4) is 0 Å². The van der Waals surface area contributed by atoms with Gasteiger partial charge in [0, 0.05) is 10.4 Å². The number of carbonyl (C=O) groups is 3. The molecule has 3 aliphatic carbocycles. The highest BCUT2D eigenvalue weighted by Crippen LogP contribution is 2.50. The number of aryl methyl sites for hydroxylation is 1. The molecule has 1 amide bonds. The van der Waals surface area contributed by atoms with Gasteiger partial charge < -0.3 is 15.2 Å². The third kappa shape index (κ3) is 3.99. The summed E-state index contributed by atoms with van der Waals surface area (Å²) in [5.41, 5.74) is 1.97. The summed E-state index contributed by atoms with van der Waals surface area (Å²) < 4.78 is 5.30. The number of aliphatic carboxylic acids is 1. The predicted octanol–water partition coefficient (Wildman–Crippen LogP) is 4.98. The van der Waals surface area contributed by atoms with Crippen LogP contribution in [0.1, 0.15) is 47.8 Å². The summed E-state index contributed by atoms with van der Waals surface area (Å²) in [6, 6.07) is 9.54. The summed E-state index contributed by atoms with van der Waals surface area (Å²) in [4.78, 5) is 39.1. The molecule has 3 saturated carbocycles. The number of thiophene rings is 1. The quantitative estimate of drug-likeness (QED) is 0.617. The Kier molecular flexibility index (Phi) is 6.14. The molecule has 0 radical (unpaired) electrons. The van der Waals surface area contributed by atoms with Gasteiger partial charge in [0.2, 0.25) is 5.91 Å². The van der Waals surface area contributed by atoms with E-state index in [0.29, 0.717) is 10.6 Å². The molecule has 7 heteroatoms. The second-order valence-electron chi connectivity index (χ2n) is 8.38. The molecule has 1 heterocycles. The lowest BCUT2D eigenvalue weighted by Crippen LogP contribution is -2.49. The van der Waals surface area contributed by atoms with Crippen LogP contribution in [0.4, 0.5) is 5.00 Å². The largest absolute Gasteiger partial charge is 0.481 e. The zero-order valence-electron chi connectivity index (χ0n) is 17.7. The first-order valence-corrected chi connectivity index (χ1v) is 11.6. The monoisotopic (exact) mass is 441 g/mol. The van der Waals surface area contributed by atoms with Crippen molar-refractivity contribution < 1.29 is 24.2 Å². The predicted molar refractivity (Wildman–Crippen MR) is 119 cm³/mol. The van der Waals surface area contributed by atoms with Gasteiger partial charge in [0.05, 0.1) is 18.4 Å². The van der Waals surface area contributed by atoms with Crippen molar-refractivity contribution in [3.8, 4) is 11.1 Å². The zero-order chi connectivity index (χ0) is 22.1. The van der Waals surface area contributed by atoms with E-state index in [4.69, 9.17) is 4.74 Å². The molecule has 6 nitrogen and oxygen atoms in total. The molecule has 0 spiro atoms. The van der Waals surface area contributed by atoms with Gasteiger partial charge in [0.1, 0.15) is 10.6 Å². The Morgan fingerprint density at radius 1 is 1.06 bits per heavy atom. The van der Waals surface area contributed by atoms with Crippen molar-refractivity contribution in [1.82, 2.24) is 0 Å². The molecule has 1 aromatic carbocycles. The third-order valence-corrected chi connectivity index (χ3v) is 7.69. The second-order valence-corrected chi connectivity index (χ2v) is 9.60. The van der Waals surface area contributed by atoms with Gasteiger partial charge in [0.25, 0.3) is 0 Å². The van der Waals surface area contributed by atoms with Crippen molar-refractivity contribution in [3.05, 3.63) is 40.8 Å². The highest BCUT2D eigenvalue weighted by atomic mass is 32.1. The number of benzene rings is 1. The molecule has 164 valence electrons. The first-order valence-electron chi connectivity index (χ1n) is 10.8. The van der Waals surface area contributed by atoms with Crippen molar-refractivity contribution in [2.24, 2.45) is 23.7 Å². The molecule has 2 N–H and O–H groups in total. The molecule has 0 aliphatic heterocycles. The lowest BCUT2D eigenvalue weighted by Gasteiger charge is -2.45. The number of carboxylic acid groups (broad SMARTS) is 1. The summed E-state index contributed by atoms with van der Waals surface area (Å²) in [5.74, 6) is -2.78. The fourth-order valence-electron chi connectivity index (χ4n) is 5.36. The van der Waals surface area contributed by atoms with Gasteiger partial charge in [-0.15, -0.1) is 11.3 Å². The maximum atomic E-state index is 13.3. The van der Waals surface area contributed by atoms with Crippen molar-refractivity contribution in [2.75, 3.05) is 11.9 Å². The minimum Gasteiger partial charge on any atom is -0.481 e. The summed E-state index contributed by atoms with van der Waals surface area (Å²) in [5, 5.41) is 13.2. The molecule has 31 heavy (non-hydrogen) atoms. The van der Waals surface area contributed by atoms with E-state index in [-0.39, 0.29) is 24.3 Å². The third-order valence-electron chi connectivity index (χ3n) is 6.67. The van der Waals surface area contributed by atoms with Crippen LogP contribution >= 0.6 is 11.3 Å². The summed E-state index contributed by atoms with van der Waals surface area (Å²) in [7, 11) is 0. The molecule has 5 rings (SSSR count). The van der Waals surface area contributed by atoms with E-state index in [1.54, 1.807) is 6.92 Å². The number of carbonyl (C=O) groups excluding carboxylic acids is 2. The minimum atomic E-state index is -0.896. The number of rotatable bonds is 6. The standard InChI is InChI=1S/C24H27NO5S/c1-3-30-24(29)20-17(14-7-5-4-6-8-14)13(2)31-22(20)25-21(26)18-15-9-11-16(12-10-15)19(18)23(27)28/h4-8,15-16,18-19H,3,9-12H2,1-2H3,(H,25,26)(H,27,28)/t15?,16?,18-,19+/m1/s1. The Balaban J connectivity index is 1.70. The van der Waals surface area contributed by atoms with E-state index in [0.717, 1.165) is 41.7 Å².